The van der Waals surface area contributed by atoms with Gasteiger partial charge in [-0.3, -0.25) is 0 Å². The zero-order valence-corrected chi connectivity index (χ0v) is 13.6. The van der Waals surface area contributed by atoms with E-state index >= 15 is 0 Å². The molecule has 3 nitrogen and oxygen atoms in total. The van der Waals surface area contributed by atoms with Gasteiger partial charge in [-0.2, -0.15) is 0 Å². The summed E-state index contributed by atoms with van der Waals surface area (Å²) in [7, 11) is 0. The van der Waals surface area contributed by atoms with Gasteiger partial charge in [-0.25, -0.2) is 4.79 Å². The van der Waals surface area contributed by atoms with Gasteiger partial charge in [0.1, 0.15) is 18.5 Å². The van der Waals surface area contributed by atoms with E-state index < -0.39 is 5.97 Å². The molecule has 0 spiro atoms. The van der Waals surface area contributed by atoms with Crippen molar-refractivity contribution < 1.29 is 14.3 Å². The molecule has 0 bridgehead atoms. The van der Waals surface area contributed by atoms with Gasteiger partial charge in [0, 0.05) is 11.5 Å². The predicted octanol–water partition coefficient (Wildman–Crippen LogP) is 4.14. The molecule has 0 amide bonds. The van der Waals surface area contributed by atoms with Crippen molar-refractivity contribution in [2.24, 2.45) is 0 Å². The lowest BCUT2D eigenvalue weighted by Crippen LogP contribution is -2.42. The molecule has 0 N–H and O–H groups in total. The van der Waals surface area contributed by atoms with Gasteiger partial charge >= 0.3 is 5.97 Å². The van der Waals surface area contributed by atoms with Gasteiger partial charge in [0.15, 0.2) is 0 Å². The Kier molecular flexibility index (Phi) is 5.58. The van der Waals surface area contributed by atoms with Gasteiger partial charge < -0.3 is 9.47 Å². The smallest absolute Gasteiger partial charge is 0.330 e. The van der Waals surface area contributed by atoms with E-state index in [2.05, 4.69) is 32.6 Å². The van der Waals surface area contributed by atoms with Crippen LogP contribution in [0.25, 0.3) is 0 Å². The number of esters is 1. The molecule has 120 valence electrons. The van der Waals surface area contributed by atoms with Crippen molar-refractivity contribution in [3.8, 4) is 5.75 Å². The number of para-hydroxylation sites is 1. The minimum absolute atomic E-state index is 0.154. The van der Waals surface area contributed by atoms with Crippen molar-refractivity contribution in [2.75, 3.05) is 6.61 Å². The van der Waals surface area contributed by atoms with E-state index in [9.17, 15) is 4.79 Å². The van der Waals surface area contributed by atoms with Crippen molar-refractivity contribution in [2.45, 2.75) is 25.4 Å². The first-order valence-corrected chi connectivity index (χ1v) is 7.60. The van der Waals surface area contributed by atoms with E-state index in [0.29, 0.717) is 0 Å². The van der Waals surface area contributed by atoms with Gasteiger partial charge in [0.2, 0.25) is 0 Å². The van der Waals surface area contributed by atoms with E-state index in [1.54, 1.807) is 0 Å². The molecule has 23 heavy (non-hydrogen) atoms. The van der Waals surface area contributed by atoms with Crippen LogP contribution in [0, 0.1) is 0 Å². The zero-order valence-electron chi connectivity index (χ0n) is 13.6. The third-order valence-corrected chi connectivity index (χ3v) is 3.89. The fraction of sp³-hybridized carbons (Fsp3) is 0.250. The molecular formula is C20H22O3. The highest BCUT2D eigenvalue weighted by atomic mass is 16.6. The van der Waals surface area contributed by atoms with E-state index in [4.69, 9.17) is 9.47 Å². The van der Waals surface area contributed by atoms with Crippen molar-refractivity contribution in [3.63, 3.8) is 0 Å². The number of benzene rings is 2. The SMILES string of the molecule is C=CC(=O)OCC(Oc1ccccc1)C(C)(C)c1ccccc1. The summed E-state index contributed by atoms with van der Waals surface area (Å²) in [5, 5.41) is 0. The Hall–Kier alpha value is -2.55. The maximum absolute atomic E-state index is 11.4. The standard InChI is InChI=1S/C20H22O3/c1-4-19(21)22-15-18(23-17-13-9-6-10-14-17)20(2,3)16-11-7-5-8-12-16/h4-14,18H,1,15H2,2-3H3. The largest absolute Gasteiger partial charge is 0.486 e. The topological polar surface area (TPSA) is 35.5 Å². The monoisotopic (exact) mass is 310 g/mol. The summed E-state index contributed by atoms with van der Waals surface area (Å²) in [4.78, 5) is 11.4. The number of ether oxygens (including phenoxy) is 2. The Morgan fingerprint density at radius 3 is 2.22 bits per heavy atom. The van der Waals surface area contributed by atoms with E-state index in [0.717, 1.165) is 17.4 Å². The van der Waals surface area contributed by atoms with Gasteiger partial charge in [0.05, 0.1) is 0 Å². The Labute approximate surface area is 137 Å². The molecule has 0 heterocycles. The molecule has 1 unspecified atom stereocenters. The van der Waals surface area contributed by atoms with Gasteiger partial charge in [-0.1, -0.05) is 69.0 Å². The third-order valence-electron chi connectivity index (χ3n) is 3.89. The summed E-state index contributed by atoms with van der Waals surface area (Å²) in [6.45, 7) is 7.74. The quantitative estimate of drug-likeness (QED) is 0.569. The molecule has 3 heteroatoms. The van der Waals surface area contributed by atoms with Crippen LogP contribution in [0.1, 0.15) is 19.4 Å². The van der Waals surface area contributed by atoms with Crippen molar-refractivity contribution in [1.82, 2.24) is 0 Å². The van der Waals surface area contributed by atoms with Crippen molar-refractivity contribution in [1.29, 1.82) is 0 Å². The number of hydrogen-bond acceptors (Lipinski definition) is 3. The Bertz CT molecular complexity index is 632. The molecule has 0 aliphatic rings. The molecule has 0 fully saturated rings. The van der Waals surface area contributed by atoms with Crippen LogP contribution in [0.2, 0.25) is 0 Å². The first-order valence-electron chi connectivity index (χ1n) is 7.60. The second-order valence-corrected chi connectivity index (χ2v) is 5.84. The van der Waals surface area contributed by atoms with Crippen LogP contribution in [0.15, 0.2) is 73.3 Å². The predicted molar refractivity (Wildman–Crippen MR) is 91.5 cm³/mol. The van der Waals surface area contributed by atoms with E-state index in [1.165, 1.54) is 0 Å². The maximum Gasteiger partial charge on any atom is 0.330 e. The van der Waals surface area contributed by atoms with Crippen LogP contribution < -0.4 is 4.74 Å². The minimum Gasteiger partial charge on any atom is -0.486 e. The highest BCUT2D eigenvalue weighted by Crippen LogP contribution is 2.30. The van der Waals surface area contributed by atoms with Crippen LogP contribution in [0.3, 0.4) is 0 Å². The highest BCUT2D eigenvalue weighted by molar-refractivity contribution is 5.81. The van der Waals surface area contributed by atoms with Gasteiger partial charge in [0.25, 0.3) is 0 Å². The fourth-order valence-corrected chi connectivity index (χ4v) is 2.32. The Morgan fingerprint density at radius 1 is 1.09 bits per heavy atom. The molecule has 2 aromatic rings. The molecule has 0 aliphatic carbocycles. The molecular weight excluding hydrogens is 288 g/mol. The van der Waals surface area contributed by atoms with Crippen LogP contribution in [-0.2, 0) is 14.9 Å². The average Bonchev–Trinajstić information content (AvgIpc) is 2.59. The summed E-state index contributed by atoms with van der Waals surface area (Å²) in [6.07, 6.45) is 0.839. The molecule has 0 aromatic heterocycles. The van der Waals surface area contributed by atoms with Crippen molar-refractivity contribution >= 4 is 5.97 Å². The fourth-order valence-electron chi connectivity index (χ4n) is 2.32. The average molecular weight is 310 g/mol. The minimum atomic E-state index is -0.449. The molecule has 0 saturated heterocycles. The summed E-state index contributed by atoms with van der Waals surface area (Å²) in [6, 6.07) is 19.6. The molecule has 2 rings (SSSR count). The molecule has 0 radical (unpaired) electrons. The van der Waals surface area contributed by atoms with Crippen LogP contribution in [0.4, 0.5) is 0 Å². The summed E-state index contributed by atoms with van der Waals surface area (Å²) < 4.78 is 11.4. The molecule has 0 aliphatic heterocycles. The number of rotatable bonds is 7. The molecule has 0 saturated carbocycles. The van der Waals surface area contributed by atoms with Crippen LogP contribution in [-0.4, -0.2) is 18.7 Å². The molecule has 1 atom stereocenters. The molecule has 2 aromatic carbocycles. The normalized spacial score (nSPS) is 12.3. The first-order chi connectivity index (χ1) is 11.0. The third kappa shape index (κ3) is 4.46. The second kappa shape index (κ2) is 7.63. The lowest BCUT2D eigenvalue weighted by molar-refractivity contribution is -0.141. The highest BCUT2D eigenvalue weighted by Gasteiger charge is 2.34. The maximum atomic E-state index is 11.4. The van der Waals surface area contributed by atoms with Crippen LogP contribution >= 0.6 is 0 Å². The van der Waals surface area contributed by atoms with Gasteiger partial charge in [-0.15, -0.1) is 0 Å². The van der Waals surface area contributed by atoms with E-state index in [1.807, 2.05) is 48.5 Å². The Morgan fingerprint density at radius 2 is 1.65 bits per heavy atom. The van der Waals surface area contributed by atoms with Crippen molar-refractivity contribution in [3.05, 3.63) is 78.9 Å². The second-order valence-electron chi connectivity index (χ2n) is 5.84. The lowest BCUT2D eigenvalue weighted by Gasteiger charge is -2.34. The Balaban J connectivity index is 2.24. The van der Waals surface area contributed by atoms with E-state index in [-0.39, 0.29) is 18.1 Å². The van der Waals surface area contributed by atoms with Crippen LogP contribution in [0.5, 0.6) is 5.75 Å². The number of hydrogen-bond donors (Lipinski definition) is 0. The summed E-state index contributed by atoms with van der Waals surface area (Å²) in [5.41, 5.74) is 0.786. The number of carbonyl (C=O) groups is 1. The first kappa shape index (κ1) is 16.8. The zero-order chi connectivity index (χ0) is 16.7. The lowest BCUT2D eigenvalue weighted by atomic mass is 9.79. The summed E-state index contributed by atoms with van der Waals surface area (Å²) in [5.74, 6) is 0.298. The summed E-state index contributed by atoms with van der Waals surface area (Å²) >= 11 is 0. The number of carbonyl (C=O) groups excluding carboxylic acids is 1. The van der Waals surface area contributed by atoms with Gasteiger partial charge in [-0.05, 0) is 17.7 Å².